The van der Waals surface area contributed by atoms with Crippen LogP contribution in [-0.2, 0) is 0 Å². The molecule has 0 radical (unpaired) electrons. The number of aromatic nitrogens is 2. The number of rotatable bonds is 4. The summed E-state index contributed by atoms with van der Waals surface area (Å²) in [5, 5.41) is 10.8. The molecule has 1 aliphatic rings. The van der Waals surface area contributed by atoms with Crippen molar-refractivity contribution in [2.75, 3.05) is 37.6 Å². The summed E-state index contributed by atoms with van der Waals surface area (Å²) in [7, 11) is 0. The minimum Gasteiger partial charge on any atom is -0.387 e. The van der Waals surface area contributed by atoms with Crippen LogP contribution in [0, 0.1) is 6.92 Å². The smallest absolute Gasteiger partial charge is 0.134 e. The number of aliphatic hydroxyl groups is 1. The topological polar surface area (TPSA) is 52.5 Å². The van der Waals surface area contributed by atoms with Crippen LogP contribution >= 0.6 is 11.6 Å². The van der Waals surface area contributed by atoms with E-state index in [1.807, 2.05) is 43.3 Å². The normalized spacial score (nSPS) is 17.3. The molecule has 1 aromatic heterocycles. The van der Waals surface area contributed by atoms with Gasteiger partial charge in [0.25, 0.3) is 0 Å². The van der Waals surface area contributed by atoms with Crippen LogP contribution in [0.15, 0.2) is 36.4 Å². The lowest BCUT2D eigenvalue weighted by atomic mass is 10.1. The zero-order valence-corrected chi connectivity index (χ0v) is 13.9. The van der Waals surface area contributed by atoms with E-state index in [4.69, 9.17) is 11.6 Å². The van der Waals surface area contributed by atoms with Crippen LogP contribution < -0.4 is 4.90 Å². The van der Waals surface area contributed by atoms with Crippen molar-refractivity contribution in [3.05, 3.63) is 52.9 Å². The van der Waals surface area contributed by atoms with Crippen LogP contribution in [0.4, 0.5) is 5.82 Å². The third kappa shape index (κ3) is 4.19. The Balaban J connectivity index is 1.56. The SMILES string of the molecule is Cc1nc(Cl)cc(N2CCN(C[C@@H](O)c3ccccc3)CC2)n1. The molecule has 0 bridgehead atoms. The maximum absolute atomic E-state index is 10.3. The minimum atomic E-state index is -0.446. The van der Waals surface area contributed by atoms with Gasteiger partial charge < -0.3 is 10.0 Å². The van der Waals surface area contributed by atoms with Gasteiger partial charge >= 0.3 is 0 Å². The van der Waals surface area contributed by atoms with Crippen LogP contribution in [0.5, 0.6) is 0 Å². The lowest BCUT2D eigenvalue weighted by Gasteiger charge is -2.36. The summed E-state index contributed by atoms with van der Waals surface area (Å²) in [5.74, 6) is 1.57. The fourth-order valence-corrected chi connectivity index (χ4v) is 3.08. The Morgan fingerprint density at radius 1 is 1.13 bits per heavy atom. The van der Waals surface area contributed by atoms with Crippen LogP contribution in [-0.4, -0.2) is 52.7 Å². The minimum absolute atomic E-state index is 0.446. The van der Waals surface area contributed by atoms with E-state index >= 15 is 0 Å². The van der Waals surface area contributed by atoms with Gasteiger partial charge in [0.15, 0.2) is 0 Å². The summed E-state index contributed by atoms with van der Waals surface area (Å²) in [5.41, 5.74) is 0.966. The van der Waals surface area contributed by atoms with Crippen LogP contribution in [0.1, 0.15) is 17.5 Å². The van der Waals surface area contributed by atoms with Crippen molar-refractivity contribution in [3.63, 3.8) is 0 Å². The Bertz CT molecular complexity index is 624. The van der Waals surface area contributed by atoms with Gasteiger partial charge in [0.05, 0.1) is 6.10 Å². The monoisotopic (exact) mass is 332 g/mol. The Kier molecular flexibility index (Phi) is 5.10. The van der Waals surface area contributed by atoms with Gasteiger partial charge in [-0.25, -0.2) is 9.97 Å². The summed E-state index contributed by atoms with van der Waals surface area (Å²) in [6, 6.07) is 11.6. The number of aliphatic hydroxyl groups excluding tert-OH is 1. The lowest BCUT2D eigenvalue weighted by Crippen LogP contribution is -2.47. The van der Waals surface area contributed by atoms with Crippen molar-refractivity contribution in [3.8, 4) is 0 Å². The van der Waals surface area contributed by atoms with E-state index in [2.05, 4.69) is 19.8 Å². The highest BCUT2D eigenvalue weighted by atomic mass is 35.5. The number of nitrogens with zero attached hydrogens (tertiary/aromatic N) is 4. The molecule has 0 saturated carbocycles. The molecule has 0 amide bonds. The van der Waals surface area contributed by atoms with Gasteiger partial charge in [0.1, 0.15) is 16.8 Å². The standard InChI is InChI=1S/C17H21ClN4O/c1-13-19-16(18)11-17(20-13)22-9-7-21(8-10-22)12-15(23)14-5-3-2-4-6-14/h2-6,11,15,23H,7-10,12H2,1H3/t15-/m1/s1. The highest BCUT2D eigenvalue weighted by molar-refractivity contribution is 6.29. The highest BCUT2D eigenvalue weighted by Gasteiger charge is 2.21. The molecule has 2 heterocycles. The molecule has 0 unspecified atom stereocenters. The second kappa shape index (κ2) is 7.25. The highest BCUT2D eigenvalue weighted by Crippen LogP contribution is 2.19. The average molecular weight is 333 g/mol. The maximum atomic E-state index is 10.3. The molecule has 5 nitrogen and oxygen atoms in total. The van der Waals surface area contributed by atoms with Crippen molar-refractivity contribution in [2.45, 2.75) is 13.0 Å². The number of halogens is 1. The molecule has 122 valence electrons. The van der Waals surface area contributed by atoms with Crippen molar-refractivity contribution >= 4 is 17.4 Å². The Morgan fingerprint density at radius 3 is 2.48 bits per heavy atom. The third-order valence-corrected chi connectivity index (χ3v) is 4.30. The van der Waals surface area contributed by atoms with E-state index in [0.29, 0.717) is 17.5 Å². The molecule has 1 fully saturated rings. The molecule has 1 aromatic carbocycles. The first-order valence-corrected chi connectivity index (χ1v) is 8.21. The van der Waals surface area contributed by atoms with Crippen molar-refractivity contribution < 1.29 is 5.11 Å². The summed E-state index contributed by atoms with van der Waals surface area (Å²) in [4.78, 5) is 13.1. The van der Waals surface area contributed by atoms with Crippen molar-refractivity contribution in [1.82, 2.24) is 14.9 Å². The summed E-state index contributed by atoms with van der Waals surface area (Å²) in [6.45, 7) is 6.03. The third-order valence-electron chi connectivity index (χ3n) is 4.10. The maximum Gasteiger partial charge on any atom is 0.134 e. The van der Waals surface area contributed by atoms with E-state index in [1.165, 1.54) is 0 Å². The Labute approximate surface area is 141 Å². The van der Waals surface area contributed by atoms with E-state index in [1.54, 1.807) is 0 Å². The zero-order chi connectivity index (χ0) is 16.2. The van der Waals surface area contributed by atoms with Gasteiger partial charge in [0.2, 0.25) is 0 Å². The average Bonchev–Trinajstić information content (AvgIpc) is 2.55. The lowest BCUT2D eigenvalue weighted by molar-refractivity contribution is 0.109. The fraction of sp³-hybridized carbons (Fsp3) is 0.412. The second-order valence-electron chi connectivity index (χ2n) is 5.81. The van der Waals surface area contributed by atoms with Gasteiger partial charge in [-0.2, -0.15) is 0 Å². The summed E-state index contributed by atoms with van der Waals surface area (Å²) < 4.78 is 0. The Hall–Kier alpha value is -1.69. The molecule has 3 rings (SSSR count). The molecule has 0 spiro atoms. The first kappa shape index (κ1) is 16.2. The van der Waals surface area contributed by atoms with Crippen LogP contribution in [0.2, 0.25) is 5.15 Å². The number of benzene rings is 1. The molecular formula is C17H21ClN4O. The molecule has 1 N–H and O–H groups in total. The number of hydrogen-bond acceptors (Lipinski definition) is 5. The van der Waals surface area contributed by atoms with E-state index < -0.39 is 6.10 Å². The van der Waals surface area contributed by atoms with E-state index in [-0.39, 0.29) is 0 Å². The first-order valence-electron chi connectivity index (χ1n) is 7.83. The molecule has 6 heteroatoms. The van der Waals surface area contributed by atoms with Crippen molar-refractivity contribution in [2.24, 2.45) is 0 Å². The predicted octanol–water partition coefficient (Wildman–Crippen LogP) is 2.29. The molecular weight excluding hydrogens is 312 g/mol. The number of anilines is 1. The van der Waals surface area contributed by atoms with Gasteiger partial charge in [0, 0.05) is 38.8 Å². The van der Waals surface area contributed by atoms with Gasteiger partial charge in [-0.05, 0) is 12.5 Å². The van der Waals surface area contributed by atoms with Gasteiger partial charge in [-0.15, -0.1) is 0 Å². The molecule has 23 heavy (non-hydrogen) atoms. The molecule has 1 atom stereocenters. The number of aryl methyl sites for hydroxylation is 1. The molecule has 1 saturated heterocycles. The largest absolute Gasteiger partial charge is 0.387 e. The second-order valence-corrected chi connectivity index (χ2v) is 6.20. The van der Waals surface area contributed by atoms with E-state index in [9.17, 15) is 5.11 Å². The zero-order valence-electron chi connectivity index (χ0n) is 13.2. The Morgan fingerprint density at radius 2 is 1.83 bits per heavy atom. The summed E-state index contributed by atoms with van der Waals surface area (Å²) in [6.07, 6.45) is -0.446. The number of piperazine rings is 1. The fourth-order valence-electron chi connectivity index (χ4n) is 2.86. The van der Waals surface area contributed by atoms with Gasteiger partial charge in [-0.1, -0.05) is 41.9 Å². The van der Waals surface area contributed by atoms with Gasteiger partial charge in [-0.3, -0.25) is 4.90 Å². The van der Waals surface area contributed by atoms with Crippen molar-refractivity contribution in [1.29, 1.82) is 0 Å². The van der Waals surface area contributed by atoms with Crippen LogP contribution in [0.25, 0.3) is 0 Å². The predicted molar refractivity (Wildman–Crippen MR) is 91.8 cm³/mol. The number of hydrogen-bond donors (Lipinski definition) is 1. The van der Waals surface area contributed by atoms with E-state index in [0.717, 1.165) is 37.6 Å². The molecule has 1 aliphatic heterocycles. The summed E-state index contributed by atoms with van der Waals surface area (Å²) >= 11 is 6.01. The number of β-amino-alcohol motifs (C(OH)–C–C–N with tert-alkyl or cyclic N) is 1. The van der Waals surface area contributed by atoms with Crippen LogP contribution in [0.3, 0.4) is 0 Å². The molecule has 2 aromatic rings. The quantitative estimate of drug-likeness (QED) is 0.871. The molecule has 0 aliphatic carbocycles. The first-order chi connectivity index (χ1) is 11.1.